The van der Waals surface area contributed by atoms with Crippen LogP contribution in [0.25, 0.3) is 0 Å². The van der Waals surface area contributed by atoms with Gasteiger partial charge in [-0.1, -0.05) is 19.3 Å². The summed E-state index contributed by atoms with van der Waals surface area (Å²) in [6, 6.07) is 0. The van der Waals surface area contributed by atoms with Crippen molar-refractivity contribution in [2.45, 2.75) is 38.2 Å². The van der Waals surface area contributed by atoms with Crippen LogP contribution in [-0.2, 0) is 9.53 Å². The van der Waals surface area contributed by atoms with Gasteiger partial charge in [0, 0.05) is 0 Å². The lowest BCUT2D eigenvalue weighted by Gasteiger charge is -2.21. The third-order valence-corrected chi connectivity index (χ3v) is 2.69. The van der Waals surface area contributed by atoms with Gasteiger partial charge in [0.2, 0.25) is 0 Å². The average molecular weight is 202 g/mol. The summed E-state index contributed by atoms with van der Waals surface area (Å²) in [6.45, 7) is 0.206. The molecule has 14 heavy (non-hydrogen) atoms. The summed E-state index contributed by atoms with van der Waals surface area (Å²) in [6.07, 6.45) is 4.38. The van der Waals surface area contributed by atoms with Crippen LogP contribution in [0.2, 0.25) is 0 Å². The van der Waals surface area contributed by atoms with Gasteiger partial charge >= 0.3 is 5.97 Å². The van der Waals surface area contributed by atoms with Crippen molar-refractivity contribution < 1.29 is 19.7 Å². The summed E-state index contributed by atoms with van der Waals surface area (Å²) in [4.78, 5) is 10.9. The van der Waals surface area contributed by atoms with Crippen LogP contribution in [-0.4, -0.2) is 35.5 Å². The molecule has 0 spiro atoms. The normalized spacial score (nSPS) is 28.4. The second kappa shape index (κ2) is 5.98. The van der Waals surface area contributed by atoms with Crippen molar-refractivity contribution in [2.24, 2.45) is 5.92 Å². The molecule has 0 radical (unpaired) electrons. The van der Waals surface area contributed by atoms with Crippen molar-refractivity contribution in [3.63, 3.8) is 0 Å². The minimum Gasteiger partial charge on any atom is -0.481 e. The van der Waals surface area contributed by atoms with E-state index >= 15 is 0 Å². The number of hydrogen-bond acceptors (Lipinski definition) is 3. The van der Waals surface area contributed by atoms with E-state index < -0.39 is 5.97 Å². The summed E-state index contributed by atoms with van der Waals surface area (Å²) in [5.41, 5.74) is 0. The van der Waals surface area contributed by atoms with Gasteiger partial charge in [-0.05, 0) is 12.8 Å². The van der Waals surface area contributed by atoms with Crippen LogP contribution in [0.1, 0.15) is 32.1 Å². The van der Waals surface area contributed by atoms with E-state index in [1.807, 2.05) is 0 Å². The van der Waals surface area contributed by atoms with Gasteiger partial charge in [-0.15, -0.1) is 0 Å². The third kappa shape index (κ3) is 3.27. The summed E-state index contributed by atoms with van der Waals surface area (Å²) in [7, 11) is 0. The Balaban J connectivity index is 2.50. The molecule has 1 aliphatic rings. The van der Waals surface area contributed by atoms with E-state index in [9.17, 15) is 4.79 Å². The lowest BCUT2D eigenvalue weighted by Crippen LogP contribution is -2.30. The highest BCUT2D eigenvalue weighted by Crippen LogP contribution is 2.25. The van der Waals surface area contributed by atoms with Gasteiger partial charge in [-0.3, -0.25) is 4.79 Å². The Morgan fingerprint density at radius 2 is 2.00 bits per heavy atom. The molecular formula is C10H18O4. The first-order valence-corrected chi connectivity index (χ1v) is 5.21. The number of carboxylic acid groups (broad SMARTS) is 1. The molecule has 1 rings (SSSR count). The fourth-order valence-corrected chi connectivity index (χ4v) is 1.96. The standard InChI is InChI=1S/C10H18O4/c11-6-7-14-9-5-3-1-2-4-8(9)10(12)13/h8-9,11H,1-7H2,(H,12,13). The van der Waals surface area contributed by atoms with E-state index in [1.165, 1.54) is 0 Å². The lowest BCUT2D eigenvalue weighted by atomic mass is 9.97. The minimum absolute atomic E-state index is 0.0389. The molecule has 4 heteroatoms. The highest BCUT2D eigenvalue weighted by Gasteiger charge is 2.29. The molecule has 0 aromatic heterocycles. The Labute approximate surface area is 83.9 Å². The number of carboxylic acids is 1. The molecule has 2 atom stereocenters. The Kier molecular flexibility index (Phi) is 4.90. The van der Waals surface area contributed by atoms with Crippen LogP contribution in [0.15, 0.2) is 0 Å². The van der Waals surface area contributed by atoms with Gasteiger partial charge in [-0.2, -0.15) is 0 Å². The Hall–Kier alpha value is -0.610. The molecule has 2 unspecified atom stereocenters. The van der Waals surface area contributed by atoms with Crippen LogP contribution in [0, 0.1) is 5.92 Å². The zero-order valence-corrected chi connectivity index (χ0v) is 8.32. The number of aliphatic carboxylic acids is 1. The number of hydrogen-bond donors (Lipinski definition) is 2. The SMILES string of the molecule is O=C(O)C1CCCCCC1OCCO. The summed E-state index contributed by atoms with van der Waals surface area (Å²) < 4.78 is 5.36. The molecule has 0 bridgehead atoms. The topological polar surface area (TPSA) is 66.8 Å². The van der Waals surface area contributed by atoms with Gasteiger partial charge < -0.3 is 14.9 Å². The van der Waals surface area contributed by atoms with Crippen molar-refractivity contribution in [3.05, 3.63) is 0 Å². The fraction of sp³-hybridized carbons (Fsp3) is 0.900. The lowest BCUT2D eigenvalue weighted by molar-refractivity contribution is -0.148. The van der Waals surface area contributed by atoms with Crippen molar-refractivity contribution in [1.29, 1.82) is 0 Å². The van der Waals surface area contributed by atoms with Crippen molar-refractivity contribution >= 4 is 5.97 Å². The first kappa shape index (κ1) is 11.5. The molecule has 0 aromatic carbocycles. The predicted octanol–water partition coefficient (Wildman–Crippen LogP) is 1.03. The van der Waals surface area contributed by atoms with Crippen molar-refractivity contribution in [1.82, 2.24) is 0 Å². The highest BCUT2D eigenvalue weighted by atomic mass is 16.5. The molecular weight excluding hydrogens is 184 g/mol. The molecule has 0 aromatic rings. The molecule has 1 aliphatic carbocycles. The largest absolute Gasteiger partial charge is 0.481 e. The number of aliphatic hydroxyl groups excluding tert-OH is 1. The zero-order valence-electron chi connectivity index (χ0n) is 8.32. The van der Waals surface area contributed by atoms with Gasteiger partial charge in [0.05, 0.1) is 25.2 Å². The Bertz CT molecular complexity index is 181. The van der Waals surface area contributed by atoms with Gasteiger partial charge in [0.25, 0.3) is 0 Å². The smallest absolute Gasteiger partial charge is 0.309 e. The molecule has 0 heterocycles. The number of aliphatic hydroxyl groups is 1. The summed E-state index contributed by atoms with van der Waals surface area (Å²) in [5, 5.41) is 17.6. The number of carbonyl (C=O) groups is 1. The van der Waals surface area contributed by atoms with Gasteiger partial charge in [0.15, 0.2) is 0 Å². The number of rotatable bonds is 4. The van der Waals surface area contributed by atoms with Crippen molar-refractivity contribution in [3.8, 4) is 0 Å². The van der Waals surface area contributed by atoms with Gasteiger partial charge in [-0.25, -0.2) is 0 Å². The Morgan fingerprint density at radius 3 is 2.64 bits per heavy atom. The monoisotopic (exact) mass is 202 g/mol. The molecule has 0 amide bonds. The van der Waals surface area contributed by atoms with Crippen LogP contribution >= 0.6 is 0 Å². The third-order valence-electron chi connectivity index (χ3n) is 2.69. The minimum atomic E-state index is -0.769. The molecule has 0 saturated heterocycles. The van der Waals surface area contributed by atoms with Gasteiger partial charge in [0.1, 0.15) is 0 Å². The second-order valence-electron chi connectivity index (χ2n) is 3.72. The second-order valence-corrected chi connectivity index (χ2v) is 3.72. The summed E-state index contributed by atoms with van der Waals surface area (Å²) in [5.74, 6) is -1.15. The number of ether oxygens (including phenoxy) is 1. The molecule has 1 fully saturated rings. The predicted molar refractivity (Wildman–Crippen MR) is 51.0 cm³/mol. The molecule has 2 N–H and O–H groups in total. The first-order valence-electron chi connectivity index (χ1n) is 5.21. The first-order chi connectivity index (χ1) is 6.75. The van der Waals surface area contributed by atoms with E-state index in [1.54, 1.807) is 0 Å². The maximum Gasteiger partial charge on any atom is 0.309 e. The zero-order chi connectivity index (χ0) is 10.4. The molecule has 4 nitrogen and oxygen atoms in total. The fourth-order valence-electron chi connectivity index (χ4n) is 1.96. The van der Waals surface area contributed by atoms with Crippen LogP contribution in [0.3, 0.4) is 0 Å². The van der Waals surface area contributed by atoms with E-state index in [0.29, 0.717) is 6.42 Å². The van der Waals surface area contributed by atoms with E-state index in [2.05, 4.69) is 0 Å². The highest BCUT2D eigenvalue weighted by molar-refractivity contribution is 5.70. The average Bonchev–Trinajstić information content (AvgIpc) is 2.39. The Morgan fingerprint density at radius 1 is 1.29 bits per heavy atom. The quantitative estimate of drug-likeness (QED) is 0.668. The van der Waals surface area contributed by atoms with E-state index in [4.69, 9.17) is 14.9 Å². The van der Waals surface area contributed by atoms with Crippen LogP contribution in [0.5, 0.6) is 0 Å². The summed E-state index contributed by atoms with van der Waals surface area (Å²) >= 11 is 0. The van der Waals surface area contributed by atoms with Crippen molar-refractivity contribution in [2.75, 3.05) is 13.2 Å². The van der Waals surface area contributed by atoms with E-state index in [0.717, 1.165) is 25.7 Å². The molecule has 82 valence electrons. The van der Waals surface area contributed by atoms with E-state index in [-0.39, 0.29) is 25.2 Å². The van der Waals surface area contributed by atoms with Crippen LogP contribution < -0.4 is 0 Å². The van der Waals surface area contributed by atoms with Crippen LogP contribution in [0.4, 0.5) is 0 Å². The molecule has 0 aliphatic heterocycles. The maximum atomic E-state index is 10.9. The maximum absolute atomic E-state index is 10.9. The molecule has 1 saturated carbocycles.